The average molecular weight is 376 g/mol. The molecular formula is C13H18BrN3O5. The summed E-state index contributed by atoms with van der Waals surface area (Å²) in [5.41, 5.74) is 5.01. The van der Waals surface area contributed by atoms with Crippen LogP contribution >= 0.6 is 15.9 Å². The van der Waals surface area contributed by atoms with Crippen molar-refractivity contribution in [2.45, 2.75) is 13.0 Å². The van der Waals surface area contributed by atoms with Crippen molar-refractivity contribution in [3.8, 4) is 0 Å². The number of nitrogens with one attached hydrogen (secondary N) is 3. The molecule has 0 radical (unpaired) electrons. The predicted molar refractivity (Wildman–Crippen MR) is 83.3 cm³/mol. The fraction of sp³-hybridized carbons (Fsp3) is 0.385. The molecule has 0 aliphatic rings. The molecule has 0 bridgehead atoms. The molecule has 0 spiro atoms. The first-order valence-electron chi connectivity index (χ1n) is 6.53. The van der Waals surface area contributed by atoms with Gasteiger partial charge in [0.2, 0.25) is 0 Å². The van der Waals surface area contributed by atoms with Crippen LogP contribution in [0.2, 0.25) is 0 Å². The Labute approximate surface area is 135 Å². The van der Waals surface area contributed by atoms with Gasteiger partial charge in [0.1, 0.15) is 0 Å². The van der Waals surface area contributed by atoms with Crippen LogP contribution < -0.4 is 16.2 Å². The molecule has 2 amide bonds. The molecular weight excluding hydrogens is 358 g/mol. The van der Waals surface area contributed by atoms with E-state index in [-0.39, 0.29) is 18.7 Å². The van der Waals surface area contributed by atoms with Gasteiger partial charge >= 0.3 is 6.09 Å². The number of hydrazine groups is 1. The second-order valence-electron chi connectivity index (χ2n) is 4.21. The minimum absolute atomic E-state index is 0.0680. The van der Waals surface area contributed by atoms with Crippen molar-refractivity contribution in [1.82, 2.24) is 10.9 Å². The number of halogens is 1. The summed E-state index contributed by atoms with van der Waals surface area (Å²) in [6, 6.07) is 4.84. The summed E-state index contributed by atoms with van der Waals surface area (Å²) in [6.45, 7) is 1.50. The molecule has 0 saturated heterocycles. The van der Waals surface area contributed by atoms with Gasteiger partial charge < -0.3 is 20.3 Å². The molecule has 0 aliphatic carbocycles. The van der Waals surface area contributed by atoms with Crippen molar-refractivity contribution in [2.24, 2.45) is 0 Å². The lowest BCUT2D eigenvalue weighted by molar-refractivity contribution is 0.0912. The van der Waals surface area contributed by atoms with Crippen LogP contribution in [0.4, 0.5) is 10.5 Å². The van der Waals surface area contributed by atoms with E-state index in [9.17, 15) is 14.7 Å². The highest BCUT2D eigenvalue weighted by atomic mass is 79.9. The first-order chi connectivity index (χ1) is 10.5. The number of hydrogen-bond donors (Lipinski definition) is 5. The highest BCUT2D eigenvalue weighted by Crippen LogP contribution is 2.21. The molecule has 1 aromatic rings. The van der Waals surface area contributed by atoms with Gasteiger partial charge in [-0.2, -0.15) is 0 Å². The molecule has 0 aromatic heterocycles. The fourth-order valence-electron chi connectivity index (χ4n) is 1.50. The van der Waals surface area contributed by atoms with Crippen molar-refractivity contribution in [3.63, 3.8) is 0 Å². The summed E-state index contributed by atoms with van der Waals surface area (Å²) in [5.74, 6) is -0.554. The van der Waals surface area contributed by atoms with Crippen molar-refractivity contribution in [3.05, 3.63) is 28.2 Å². The van der Waals surface area contributed by atoms with Crippen molar-refractivity contribution in [2.75, 3.05) is 25.1 Å². The number of aliphatic hydroxyl groups excluding tert-OH is 2. The maximum atomic E-state index is 12.1. The fourth-order valence-corrected chi connectivity index (χ4v) is 1.86. The molecule has 0 heterocycles. The first kappa shape index (κ1) is 18.2. The van der Waals surface area contributed by atoms with Gasteiger partial charge in [0, 0.05) is 16.7 Å². The van der Waals surface area contributed by atoms with Crippen LogP contribution in [0.25, 0.3) is 0 Å². The van der Waals surface area contributed by atoms with Crippen LogP contribution in [0.5, 0.6) is 0 Å². The van der Waals surface area contributed by atoms with Gasteiger partial charge in [-0.15, -0.1) is 0 Å². The van der Waals surface area contributed by atoms with Gasteiger partial charge in [0.05, 0.1) is 24.9 Å². The number of carbonyl (C=O) groups excluding carboxylic acids is 2. The Balaban J connectivity index is 2.75. The molecule has 1 atom stereocenters. The molecule has 1 aromatic carbocycles. The molecule has 0 fully saturated rings. The Morgan fingerprint density at radius 3 is 2.73 bits per heavy atom. The molecule has 22 heavy (non-hydrogen) atoms. The summed E-state index contributed by atoms with van der Waals surface area (Å²) < 4.78 is 5.35. The Kier molecular flexibility index (Phi) is 7.64. The normalized spacial score (nSPS) is 11.5. The van der Waals surface area contributed by atoms with Crippen molar-refractivity contribution < 1.29 is 24.5 Å². The van der Waals surface area contributed by atoms with Crippen LogP contribution in [0, 0.1) is 0 Å². The molecule has 0 aliphatic heterocycles. The van der Waals surface area contributed by atoms with Crippen molar-refractivity contribution in [1.29, 1.82) is 0 Å². The van der Waals surface area contributed by atoms with Gasteiger partial charge in [-0.3, -0.25) is 10.2 Å². The summed E-state index contributed by atoms with van der Waals surface area (Å²) in [5, 5.41) is 21.0. The number of benzene rings is 1. The third-order valence-corrected chi connectivity index (χ3v) is 3.01. The number of anilines is 1. The lowest BCUT2D eigenvalue weighted by atomic mass is 10.1. The zero-order valence-corrected chi connectivity index (χ0v) is 13.5. The Bertz CT molecular complexity index is 526. The lowest BCUT2D eigenvalue weighted by Crippen LogP contribution is -2.42. The topological polar surface area (TPSA) is 120 Å². The minimum atomic E-state index is -0.951. The Morgan fingerprint density at radius 2 is 2.09 bits per heavy atom. The van der Waals surface area contributed by atoms with E-state index in [0.29, 0.717) is 5.69 Å². The number of rotatable bonds is 6. The number of ether oxygens (including phenoxy) is 1. The standard InChI is InChI=1S/C13H18BrN3O5/c1-2-22-13(21)17-16-12(20)10-4-3-8(14)5-11(10)15-6-9(19)7-18/h3-5,9,15,18-19H,2,6-7H2,1H3,(H,16,20)(H,17,21). The summed E-state index contributed by atoms with van der Waals surface area (Å²) in [6.07, 6.45) is -1.72. The molecule has 5 N–H and O–H groups in total. The monoisotopic (exact) mass is 375 g/mol. The highest BCUT2D eigenvalue weighted by Gasteiger charge is 2.14. The Morgan fingerprint density at radius 1 is 1.36 bits per heavy atom. The third kappa shape index (κ3) is 5.88. The molecule has 0 saturated carbocycles. The Hall–Kier alpha value is -1.84. The number of aliphatic hydroxyl groups is 2. The highest BCUT2D eigenvalue weighted by molar-refractivity contribution is 9.10. The molecule has 122 valence electrons. The summed E-state index contributed by atoms with van der Waals surface area (Å²) in [7, 11) is 0. The van der Waals surface area contributed by atoms with E-state index in [2.05, 4.69) is 36.8 Å². The predicted octanol–water partition coefficient (Wildman–Crippen LogP) is 0.605. The van der Waals surface area contributed by atoms with E-state index >= 15 is 0 Å². The van der Waals surface area contributed by atoms with E-state index in [4.69, 9.17) is 5.11 Å². The first-order valence-corrected chi connectivity index (χ1v) is 7.32. The number of hydrogen-bond acceptors (Lipinski definition) is 6. The second-order valence-corrected chi connectivity index (χ2v) is 5.12. The van der Waals surface area contributed by atoms with Crippen LogP contribution in [-0.4, -0.2) is 48.1 Å². The smallest absolute Gasteiger partial charge is 0.426 e. The van der Waals surface area contributed by atoms with Gasteiger partial charge in [-0.1, -0.05) is 15.9 Å². The van der Waals surface area contributed by atoms with Gasteiger partial charge in [0.25, 0.3) is 5.91 Å². The van der Waals surface area contributed by atoms with Gasteiger partial charge in [-0.05, 0) is 25.1 Å². The maximum Gasteiger partial charge on any atom is 0.426 e. The summed E-state index contributed by atoms with van der Waals surface area (Å²) >= 11 is 3.28. The second kappa shape index (κ2) is 9.23. The molecule has 9 heteroatoms. The van der Waals surface area contributed by atoms with Crippen LogP contribution in [0.3, 0.4) is 0 Å². The van der Waals surface area contributed by atoms with Crippen molar-refractivity contribution >= 4 is 33.6 Å². The number of amides is 2. The molecule has 1 unspecified atom stereocenters. The summed E-state index contributed by atoms with van der Waals surface area (Å²) in [4.78, 5) is 23.2. The molecule has 1 rings (SSSR count). The quantitative estimate of drug-likeness (QED) is 0.464. The van der Waals surface area contributed by atoms with Crippen LogP contribution in [0.1, 0.15) is 17.3 Å². The van der Waals surface area contributed by atoms with E-state index in [1.807, 2.05) is 0 Å². The lowest BCUT2D eigenvalue weighted by Gasteiger charge is -2.15. The maximum absolute atomic E-state index is 12.1. The minimum Gasteiger partial charge on any atom is -0.449 e. The largest absolute Gasteiger partial charge is 0.449 e. The van der Waals surface area contributed by atoms with E-state index in [1.165, 1.54) is 0 Å². The van der Waals surface area contributed by atoms with Gasteiger partial charge in [-0.25, -0.2) is 10.2 Å². The van der Waals surface area contributed by atoms with E-state index < -0.39 is 24.7 Å². The van der Waals surface area contributed by atoms with E-state index in [0.717, 1.165) is 4.47 Å². The van der Waals surface area contributed by atoms with E-state index in [1.54, 1.807) is 25.1 Å². The van der Waals surface area contributed by atoms with Crippen LogP contribution in [0.15, 0.2) is 22.7 Å². The molecule has 8 nitrogen and oxygen atoms in total. The zero-order valence-electron chi connectivity index (χ0n) is 11.9. The number of carbonyl (C=O) groups is 2. The van der Waals surface area contributed by atoms with Gasteiger partial charge in [0.15, 0.2) is 0 Å². The zero-order chi connectivity index (χ0) is 16.5. The average Bonchev–Trinajstić information content (AvgIpc) is 2.50. The van der Waals surface area contributed by atoms with Crippen LogP contribution in [-0.2, 0) is 4.74 Å². The third-order valence-electron chi connectivity index (χ3n) is 2.52. The SMILES string of the molecule is CCOC(=O)NNC(=O)c1ccc(Br)cc1NCC(O)CO.